The van der Waals surface area contributed by atoms with E-state index in [2.05, 4.69) is 10.3 Å². The van der Waals surface area contributed by atoms with E-state index in [0.717, 1.165) is 27.3 Å². The molecule has 4 nitrogen and oxygen atoms in total. The molecule has 0 spiro atoms. The van der Waals surface area contributed by atoms with Gasteiger partial charge < -0.3 is 10.1 Å². The van der Waals surface area contributed by atoms with Crippen molar-refractivity contribution in [2.75, 3.05) is 18.7 Å². The number of thioether (sulfide) groups is 1. The molecule has 4 aromatic rings. The first-order chi connectivity index (χ1) is 16.0. The van der Waals surface area contributed by atoms with Crippen molar-refractivity contribution in [1.29, 1.82) is 0 Å². The molecule has 0 bridgehead atoms. The molecule has 0 aliphatic heterocycles. The van der Waals surface area contributed by atoms with Gasteiger partial charge in [-0.15, -0.1) is 11.8 Å². The van der Waals surface area contributed by atoms with Crippen LogP contribution in [-0.4, -0.2) is 24.3 Å². The van der Waals surface area contributed by atoms with Crippen molar-refractivity contribution in [3.05, 3.63) is 94.6 Å². The number of benzene rings is 3. The van der Waals surface area contributed by atoms with Crippen LogP contribution in [0, 0.1) is 0 Å². The molecule has 0 fully saturated rings. The third kappa shape index (κ3) is 5.01. The summed E-state index contributed by atoms with van der Waals surface area (Å²) >= 11 is 14.3. The Morgan fingerprint density at radius 1 is 0.909 bits per heavy atom. The van der Waals surface area contributed by atoms with Crippen LogP contribution in [0.15, 0.2) is 83.9 Å². The number of methoxy groups -OCH3 is 1. The van der Waals surface area contributed by atoms with Crippen LogP contribution in [0.25, 0.3) is 22.4 Å². The van der Waals surface area contributed by atoms with E-state index in [1.165, 1.54) is 0 Å². The third-order valence-corrected chi connectivity index (χ3v) is 6.45. The lowest BCUT2D eigenvalue weighted by atomic mass is 9.98. The molecule has 0 saturated heterocycles. The zero-order valence-electron chi connectivity index (χ0n) is 17.9. The SMILES string of the molecule is COc1c(Cl)cccc1-c1cc(SC)ccc1C(=O)Nc1ccc(Cl)c(-c2ccccn2)c1. The number of nitrogens with zero attached hydrogens (tertiary/aromatic N) is 1. The van der Waals surface area contributed by atoms with Crippen LogP contribution in [0.1, 0.15) is 10.4 Å². The number of carbonyl (C=O) groups is 1. The molecule has 0 atom stereocenters. The molecule has 1 aromatic heterocycles. The first kappa shape index (κ1) is 23.2. The highest BCUT2D eigenvalue weighted by Crippen LogP contribution is 2.39. The van der Waals surface area contributed by atoms with Crippen LogP contribution in [0.4, 0.5) is 5.69 Å². The van der Waals surface area contributed by atoms with Crippen LogP contribution in [-0.2, 0) is 0 Å². The van der Waals surface area contributed by atoms with Gasteiger partial charge in [0.2, 0.25) is 0 Å². The standard InChI is InChI=1S/C26H20Cl2N2O2S/c1-32-25-18(6-5-7-23(25)28)20-15-17(33-2)10-11-19(20)26(31)30-16-9-12-22(27)21(14-16)24-8-3-4-13-29-24/h3-15H,1-2H3,(H,30,31). The van der Waals surface area contributed by atoms with Gasteiger partial charge in [-0.3, -0.25) is 9.78 Å². The van der Waals surface area contributed by atoms with E-state index in [4.69, 9.17) is 27.9 Å². The maximum absolute atomic E-state index is 13.4. The van der Waals surface area contributed by atoms with Gasteiger partial charge in [0.25, 0.3) is 5.91 Å². The van der Waals surface area contributed by atoms with Crippen molar-refractivity contribution < 1.29 is 9.53 Å². The maximum Gasteiger partial charge on any atom is 0.256 e. The summed E-state index contributed by atoms with van der Waals surface area (Å²) in [4.78, 5) is 18.8. The number of aromatic nitrogens is 1. The summed E-state index contributed by atoms with van der Waals surface area (Å²) in [7, 11) is 1.57. The molecule has 1 N–H and O–H groups in total. The van der Waals surface area contributed by atoms with E-state index in [0.29, 0.717) is 27.0 Å². The minimum absolute atomic E-state index is 0.256. The van der Waals surface area contributed by atoms with Crippen molar-refractivity contribution in [2.24, 2.45) is 0 Å². The first-order valence-electron chi connectivity index (χ1n) is 10.0. The number of hydrogen-bond acceptors (Lipinski definition) is 4. The van der Waals surface area contributed by atoms with E-state index in [1.54, 1.807) is 43.3 Å². The Hall–Kier alpha value is -2.99. The van der Waals surface area contributed by atoms with Gasteiger partial charge in [-0.2, -0.15) is 0 Å². The second-order valence-electron chi connectivity index (χ2n) is 7.10. The maximum atomic E-state index is 13.4. The molecule has 0 radical (unpaired) electrons. The fourth-order valence-electron chi connectivity index (χ4n) is 3.52. The highest BCUT2D eigenvalue weighted by molar-refractivity contribution is 7.98. The Morgan fingerprint density at radius 3 is 2.48 bits per heavy atom. The predicted octanol–water partition coefficient (Wildman–Crippen LogP) is 7.71. The molecule has 1 amide bonds. The lowest BCUT2D eigenvalue weighted by Crippen LogP contribution is -2.13. The number of nitrogens with one attached hydrogen (secondary N) is 1. The number of halogens is 2. The monoisotopic (exact) mass is 494 g/mol. The second-order valence-corrected chi connectivity index (χ2v) is 8.79. The number of amides is 1. The average Bonchev–Trinajstić information content (AvgIpc) is 2.85. The van der Waals surface area contributed by atoms with Crippen LogP contribution in [0.2, 0.25) is 10.0 Å². The fourth-order valence-corrected chi connectivity index (χ4v) is 4.43. The third-order valence-electron chi connectivity index (χ3n) is 5.10. The molecule has 0 aliphatic rings. The summed E-state index contributed by atoms with van der Waals surface area (Å²) in [5.74, 6) is 0.268. The molecule has 0 saturated carbocycles. The second kappa shape index (κ2) is 10.3. The summed E-state index contributed by atoms with van der Waals surface area (Å²) in [6.45, 7) is 0. The van der Waals surface area contributed by atoms with E-state index in [9.17, 15) is 4.79 Å². The number of carbonyl (C=O) groups excluding carboxylic acids is 1. The van der Waals surface area contributed by atoms with E-state index < -0.39 is 0 Å². The van der Waals surface area contributed by atoms with Gasteiger partial charge in [0.1, 0.15) is 5.75 Å². The summed E-state index contributed by atoms with van der Waals surface area (Å²) in [5, 5.41) is 4.03. The van der Waals surface area contributed by atoms with Crippen molar-refractivity contribution in [3.63, 3.8) is 0 Å². The highest BCUT2D eigenvalue weighted by atomic mass is 35.5. The molecular weight excluding hydrogens is 475 g/mol. The zero-order valence-corrected chi connectivity index (χ0v) is 20.3. The van der Waals surface area contributed by atoms with Crippen LogP contribution in [0.3, 0.4) is 0 Å². The van der Waals surface area contributed by atoms with Gasteiger partial charge >= 0.3 is 0 Å². The molecule has 0 unspecified atom stereocenters. The Morgan fingerprint density at radius 2 is 1.76 bits per heavy atom. The Labute approximate surface area is 206 Å². The summed E-state index contributed by atoms with van der Waals surface area (Å²) < 4.78 is 5.54. The lowest BCUT2D eigenvalue weighted by molar-refractivity contribution is 0.102. The predicted molar refractivity (Wildman–Crippen MR) is 138 cm³/mol. The van der Waals surface area contributed by atoms with Crippen molar-refractivity contribution in [2.45, 2.75) is 4.90 Å². The normalized spacial score (nSPS) is 10.7. The minimum Gasteiger partial charge on any atom is -0.495 e. The minimum atomic E-state index is -0.256. The molecule has 3 aromatic carbocycles. The summed E-state index contributed by atoms with van der Waals surface area (Å²) in [6, 6.07) is 22.1. The van der Waals surface area contributed by atoms with Gasteiger partial charge in [-0.05, 0) is 66.4 Å². The number of ether oxygens (including phenoxy) is 1. The Balaban J connectivity index is 1.74. The topological polar surface area (TPSA) is 51.2 Å². The smallest absolute Gasteiger partial charge is 0.256 e. The van der Waals surface area contributed by atoms with Gasteiger partial charge in [0, 0.05) is 33.5 Å². The van der Waals surface area contributed by atoms with Gasteiger partial charge in [0.05, 0.1) is 22.8 Å². The zero-order chi connectivity index (χ0) is 23.4. The van der Waals surface area contributed by atoms with Crippen molar-refractivity contribution in [1.82, 2.24) is 4.98 Å². The van der Waals surface area contributed by atoms with Gasteiger partial charge in [-0.25, -0.2) is 0 Å². The first-order valence-corrected chi connectivity index (χ1v) is 12.0. The number of hydrogen-bond donors (Lipinski definition) is 1. The molecular formula is C26H20Cl2N2O2S. The Bertz CT molecular complexity index is 1310. The number of anilines is 1. The molecule has 1 heterocycles. The fraction of sp³-hybridized carbons (Fsp3) is 0.0769. The van der Waals surface area contributed by atoms with Crippen LogP contribution in [0.5, 0.6) is 5.75 Å². The number of pyridine rings is 1. The molecule has 0 aliphatic carbocycles. The van der Waals surface area contributed by atoms with Crippen LogP contribution >= 0.6 is 35.0 Å². The number of para-hydroxylation sites is 1. The van der Waals surface area contributed by atoms with Crippen LogP contribution < -0.4 is 10.1 Å². The number of rotatable bonds is 6. The molecule has 7 heteroatoms. The molecule has 166 valence electrons. The summed E-state index contributed by atoms with van der Waals surface area (Å²) in [6.07, 6.45) is 3.69. The lowest BCUT2D eigenvalue weighted by Gasteiger charge is -2.16. The molecule has 4 rings (SSSR count). The average molecular weight is 495 g/mol. The highest BCUT2D eigenvalue weighted by Gasteiger charge is 2.19. The summed E-state index contributed by atoms with van der Waals surface area (Å²) in [5.41, 5.74) is 4.07. The van der Waals surface area contributed by atoms with E-state index in [-0.39, 0.29) is 5.91 Å². The van der Waals surface area contributed by atoms with E-state index >= 15 is 0 Å². The van der Waals surface area contributed by atoms with Gasteiger partial charge in [-0.1, -0.05) is 41.4 Å². The van der Waals surface area contributed by atoms with Gasteiger partial charge in [0.15, 0.2) is 0 Å². The quantitative estimate of drug-likeness (QED) is 0.279. The molecule has 33 heavy (non-hydrogen) atoms. The van der Waals surface area contributed by atoms with E-state index in [1.807, 2.05) is 60.9 Å². The van der Waals surface area contributed by atoms with Crippen molar-refractivity contribution in [3.8, 4) is 28.1 Å². The Kier molecular flexibility index (Phi) is 7.23. The van der Waals surface area contributed by atoms with Crippen molar-refractivity contribution >= 4 is 46.6 Å². The largest absolute Gasteiger partial charge is 0.495 e.